The van der Waals surface area contributed by atoms with E-state index < -0.39 is 0 Å². The minimum absolute atomic E-state index is 0.0108. The van der Waals surface area contributed by atoms with E-state index in [0.717, 1.165) is 31.9 Å². The molecule has 1 N–H and O–H groups in total. The molecule has 0 unspecified atom stereocenters. The molecule has 6 heteroatoms. The number of hydrogen-bond donors (Lipinski definition) is 1. The SMILES string of the molecule is CC1(C)CCn2c(nc(N3CCOCC3)cc2=O)N1. The van der Waals surface area contributed by atoms with Gasteiger partial charge in [0, 0.05) is 31.2 Å². The molecule has 0 amide bonds. The van der Waals surface area contributed by atoms with Crippen molar-refractivity contribution >= 4 is 11.8 Å². The first-order chi connectivity index (χ1) is 9.05. The molecule has 0 spiro atoms. The monoisotopic (exact) mass is 264 g/mol. The van der Waals surface area contributed by atoms with Crippen LogP contribution in [0.25, 0.3) is 0 Å². The molecule has 3 rings (SSSR count). The van der Waals surface area contributed by atoms with Crippen LogP contribution in [0.4, 0.5) is 11.8 Å². The molecule has 1 aromatic rings. The van der Waals surface area contributed by atoms with Gasteiger partial charge in [0.25, 0.3) is 5.56 Å². The number of nitrogens with one attached hydrogen (secondary N) is 1. The fourth-order valence-electron chi connectivity index (χ4n) is 2.52. The lowest BCUT2D eigenvalue weighted by Gasteiger charge is -2.35. The molecular formula is C13H20N4O2. The van der Waals surface area contributed by atoms with Gasteiger partial charge in [-0.25, -0.2) is 0 Å². The third-order valence-corrected chi connectivity index (χ3v) is 3.74. The maximum Gasteiger partial charge on any atom is 0.256 e. The number of ether oxygens (including phenoxy) is 1. The summed E-state index contributed by atoms with van der Waals surface area (Å²) in [4.78, 5) is 18.9. The van der Waals surface area contributed by atoms with Crippen molar-refractivity contribution in [2.45, 2.75) is 32.4 Å². The Labute approximate surface area is 112 Å². The van der Waals surface area contributed by atoms with Gasteiger partial charge in [-0.05, 0) is 20.3 Å². The van der Waals surface area contributed by atoms with Crippen LogP contribution in [0.3, 0.4) is 0 Å². The van der Waals surface area contributed by atoms with E-state index in [1.54, 1.807) is 10.6 Å². The minimum atomic E-state index is -0.0108. The smallest absolute Gasteiger partial charge is 0.256 e. The minimum Gasteiger partial charge on any atom is -0.378 e. The molecule has 0 radical (unpaired) electrons. The van der Waals surface area contributed by atoms with Crippen molar-refractivity contribution in [2.75, 3.05) is 36.5 Å². The molecular weight excluding hydrogens is 244 g/mol. The maximum absolute atomic E-state index is 12.2. The molecule has 2 aliphatic heterocycles. The highest BCUT2D eigenvalue weighted by molar-refractivity contribution is 5.45. The van der Waals surface area contributed by atoms with Gasteiger partial charge >= 0.3 is 0 Å². The first-order valence-electron chi connectivity index (χ1n) is 6.78. The van der Waals surface area contributed by atoms with Crippen LogP contribution in [0.2, 0.25) is 0 Å². The molecule has 0 aromatic carbocycles. The highest BCUT2D eigenvalue weighted by Crippen LogP contribution is 2.24. The summed E-state index contributed by atoms with van der Waals surface area (Å²) in [7, 11) is 0. The predicted octanol–water partition coefficient (Wildman–Crippen LogP) is 0.674. The third-order valence-electron chi connectivity index (χ3n) is 3.74. The first-order valence-corrected chi connectivity index (χ1v) is 6.78. The summed E-state index contributed by atoms with van der Waals surface area (Å²) in [6.07, 6.45) is 0.929. The number of aromatic nitrogens is 2. The van der Waals surface area contributed by atoms with Crippen molar-refractivity contribution in [3.8, 4) is 0 Å². The van der Waals surface area contributed by atoms with Crippen molar-refractivity contribution < 1.29 is 4.74 Å². The Kier molecular flexibility index (Phi) is 2.97. The molecule has 6 nitrogen and oxygen atoms in total. The van der Waals surface area contributed by atoms with E-state index in [0.29, 0.717) is 19.2 Å². The molecule has 3 heterocycles. The van der Waals surface area contributed by atoms with E-state index in [-0.39, 0.29) is 11.1 Å². The Morgan fingerprint density at radius 3 is 2.79 bits per heavy atom. The number of fused-ring (bicyclic) bond motifs is 1. The second kappa shape index (κ2) is 4.52. The van der Waals surface area contributed by atoms with Crippen LogP contribution in [-0.2, 0) is 11.3 Å². The quantitative estimate of drug-likeness (QED) is 0.808. The number of hydrogen-bond acceptors (Lipinski definition) is 5. The summed E-state index contributed by atoms with van der Waals surface area (Å²) in [6.45, 7) is 7.95. The number of rotatable bonds is 1. The normalized spacial score (nSPS) is 21.7. The summed E-state index contributed by atoms with van der Waals surface area (Å²) in [5.74, 6) is 1.44. The first kappa shape index (κ1) is 12.5. The summed E-state index contributed by atoms with van der Waals surface area (Å²) in [5.41, 5.74) is 0.0118. The Morgan fingerprint density at radius 1 is 1.32 bits per heavy atom. The molecule has 0 saturated carbocycles. The zero-order valence-corrected chi connectivity index (χ0v) is 11.5. The van der Waals surface area contributed by atoms with Crippen molar-refractivity contribution in [3.05, 3.63) is 16.4 Å². The molecule has 0 atom stereocenters. The van der Waals surface area contributed by atoms with Gasteiger partial charge in [-0.15, -0.1) is 0 Å². The van der Waals surface area contributed by atoms with Gasteiger partial charge in [-0.3, -0.25) is 9.36 Å². The number of nitrogens with zero attached hydrogens (tertiary/aromatic N) is 3. The molecule has 104 valence electrons. The van der Waals surface area contributed by atoms with Gasteiger partial charge in [0.05, 0.1) is 13.2 Å². The van der Waals surface area contributed by atoms with Crippen LogP contribution in [0.5, 0.6) is 0 Å². The summed E-state index contributed by atoms with van der Waals surface area (Å²) in [5, 5.41) is 3.35. The summed E-state index contributed by atoms with van der Waals surface area (Å²) < 4.78 is 7.05. The Balaban J connectivity index is 1.96. The zero-order chi connectivity index (χ0) is 13.5. The standard InChI is InChI=1S/C13H20N4O2/c1-13(2)3-4-17-11(18)9-10(14-12(17)15-13)16-5-7-19-8-6-16/h9H,3-8H2,1-2H3,(H,14,15). The van der Waals surface area contributed by atoms with Crippen LogP contribution in [0, 0.1) is 0 Å². The lowest BCUT2D eigenvalue weighted by atomic mass is 9.99. The Morgan fingerprint density at radius 2 is 2.05 bits per heavy atom. The maximum atomic E-state index is 12.2. The highest BCUT2D eigenvalue weighted by atomic mass is 16.5. The fraction of sp³-hybridized carbons (Fsp3) is 0.692. The highest BCUT2D eigenvalue weighted by Gasteiger charge is 2.26. The van der Waals surface area contributed by atoms with Gasteiger partial charge in [0.15, 0.2) is 0 Å². The molecule has 0 bridgehead atoms. The van der Waals surface area contributed by atoms with E-state index in [4.69, 9.17) is 4.74 Å². The van der Waals surface area contributed by atoms with E-state index in [1.165, 1.54) is 0 Å². The van der Waals surface area contributed by atoms with E-state index >= 15 is 0 Å². The van der Waals surface area contributed by atoms with Gasteiger partial charge in [-0.1, -0.05) is 0 Å². The van der Waals surface area contributed by atoms with Crippen LogP contribution in [0.1, 0.15) is 20.3 Å². The van der Waals surface area contributed by atoms with Crippen molar-refractivity contribution in [1.82, 2.24) is 9.55 Å². The Hall–Kier alpha value is -1.56. The fourth-order valence-corrected chi connectivity index (χ4v) is 2.52. The second-order valence-electron chi connectivity index (χ2n) is 5.79. The molecule has 19 heavy (non-hydrogen) atoms. The third kappa shape index (κ3) is 2.45. The summed E-state index contributed by atoms with van der Waals surface area (Å²) in [6, 6.07) is 1.63. The van der Waals surface area contributed by atoms with E-state index in [9.17, 15) is 4.79 Å². The average molecular weight is 264 g/mol. The van der Waals surface area contributed by atoms with Crippen LogP contribution in [0.15, 0.2) is 10.9 Å². The molecule has 1 fully saturated rings. The van der Waals surface area contributed by atoms with Crippen molar-refractivity contribution in [3.63, 3.8) is 0 Å². The zero-order valence-electron chi connectivity index (χ0n) is 11.5. The van der Waals surface area contributed by atoms with Crippen LogP contribution in [-0.4, -0.2) is 41.4 Å². The van der Waals surface area contributed by atoms with Gasteiger partial charge in [-0.2, -0.15) is 4.98 Å². The average Bonchev–Trinajstić information content (AvgIpc) is 2.38. The van der Waals surface area contributed by atoms with Crippen LogP contribution < -0.4 is 15.8 Å². The van der Waals surface area contributed by atoms with E-state index in [2.05, 4.69) is 29.0 Å². The van der Waals surface area contributed by atoms with Crippen molar-refractivity contribution in [2.24, 2.45) is 0 Å². The van der Waals surface area contributed by atoms with Gasteiger partial charge < -0.3 is 15.0 Å². The molecule has 2 aliphatic rings. The van der Waals surface area contributed by atoms with Gasteiger partial charge in [0.1, 0.15) is 5.82 Å². The lowest BCUT2D eigenvalue weighted by Crippen LogP contribution is -2.43. The second-order valence-corrected chi connectivity index (χ2v) is 5.79. The largest absolute Gasteiger partial charge is 0.378 e. The van der Waals surface area contributed by atoms with E-state index in [1.807, 2.05) is 0 Å². The molecule has 1 saturated heterocycles. The molecule has 1 aromatic heterocycles. The number of anilines is 2. The summed E-state index contributed by atoms with van der Waals surface area (Å²) >= 11 is 0. The predicted molar refractivity (Wildman–Crippen MR) is 73.8 cm³/mol. The van der Waals surface area contributed by atoms with Crippen LogP contribution >= 0.6 is 0 Å². The Bertz CT molecular complexity index is 532. The lowest BCUT2D eigenvalue weighted by molar-refractivity contribution is 0.122. The number of morpholine rings is 1. The topological polar surface area (TPSA) is 59.4 Å². The van der Waals surface area contributed by atoms with Crippen molar-refractivity contribution in [1.29, 1.82) is 0 Å². The van der Waals surface area contributed by atoms with Gasteiger partial charge in [0.2, 0.25) is 5.95 Å². The molecule has 0 aliphatic carbocycles.